The molecule has 32 heavy (non-hydrogen) atoms. The largest absolute Gasteiger partial charge is 0.495 e. The molecule has 1 aromatic carbocycles. The van der Waals surface area contributed by atoms with Crippen LogP contribution >= 0.6 is 0 Å². The van der Waals surface area contributed by atoms with Gasteiger partial charge in [-0.25, -0.2) is 4.79 Å². The Morgan fingerprint density at radius 1 is 1.19 bits per heavy atom. The van der Waals surface area contributed by atoms with Crippen molar-refractivity contribution >= 4 is 6.09 Å². The Morgan fingerprint density at radius 2 is 1.91 bits per heavy atom. The summed E-state index contributed by atoms with van der Waals surface area (Å²) in [5.41, 5.74) is 0.998. The summed E-state index contributed by atoms with van der Waals surface area (Å²) >= 11 is 0. The van der Waals surface area contributed by atoms with Crippen molar-refractivity contribution in [1.29, 1.82) is 0 Å². The number of hydrogen-bond donors (Lipinski definition) is 0. The lowest BCUT2D eigenvalue weighted by Crippen LogP contribution is -2.48. The van der Waals surface area contributed by atoms with E-state index in [9.17, 15) is 18.0 Å². The Balaban J connectivity index is 1.84. The summed E-state index contributed by atoms with van der Waals surface area (Å²) in [4.78, 5) is 17.6. The lowest BCUT2D eigenvalue weighted by atomic mass is 9.92. The number of rotatable bonds is 4. The summed E-state index contributed by atoms with van der Waals surface area (Å²) in [6, 6.07) is 5.94. The first-order valence-corrected chi connectivity index (χ1v) is 10.2. The highest BCUT2D eigenvalue weighted by Gasteiger charge is 2.50. The molecule has 1 amide bonds. The number of nitrogens with zero attached hydrogens (tertiary/aromatic N) is 2. The maximum atomic E-state index is 14.0. The lowest BCUT2D eigenvalue weighted by Gasteiger charge is -2.38. The van der Waals surface area contributed by atoms with Gasteiger partial charge < -0.3 is 14.2 Å². The van der Waals surface area contributed by atoms with E-state index in [2.05, 4.69) is 4.98 Å². The van der Waals surface area contributed by atoms with Crippen LogP contribution in [0.1, 0.15) is 49.3 Å². The fourth-order valence-corrected chi connectivity index (χ4v) is 3.60. The molecule has 0 saturated carbocycles. The molecule has 1 aliphatic rings. The Labute approximate surface area is 185 Å². The molecule has 1 aromatic heterocycles. The summed E-state index contributed by atoms with van der Waals surface area (Å²) in [6.07, 6.45) is -5.37. The molecule has 1 unspecified atom stereocenters. The van der Waals surface area contributed by atoms with Crippen LogP contribution in [0.15, 0.2) is 30.3 Å². The highest BCUT2D eigenvalue weighted by atomic mass is 19.4. The smallest absolute Gasteiger partial charge is 0.413 e. The summed E-state index contributed by atoms with van der Waals surface area (Å²) in [5, 5.41) is 0. The van der Waals surface area contributed by atoms with Gasteiger partial charge in [0, 0.05) is 12.2 Å². The maximum absolute atomic E-state index is 14.0. The number of carbonyl (C=O) groups is 1. The fourth-order valence-electron chi connectivity index (χ4n) is 3.60. The molecular weight excluding hydrogens is 425 g/mol. The van der Waals surface area contributed by atoms with Crippen LogP contribution in [0.3, 0.4) is 0 Å². The number of alkyl halides is 3. The third-order valence-corrected chi connectivity index (χ3v) is 4.95. The molecule has 0 spiro atoms. The summed E-state index contributed by atoms with van der Waals surface area (Å²) in [7, 11) is 1.53. The number of fused-ring (bicyclic) bond motifs is 1. The van der Waals surface area contributed by atoms with Crippen molar-refractivity contribution in [1.82, 2.24) is 9.88 Å². The zero-order chi connectivity index (χ0) is 23.7. The highest BCUT2D eigenvalue weighted by molar-refractivity contribution is 5.70. The van der Waals surface area contributed by atoms with Gasteiger partial charge in [0.05, 0.1) is 7.11 Å². The number of amides is 1. The number of halogens is 3. The molecular formula is C23H27F3N2O4. The molecule has 0 fully saturated rings. The van der Waals surface area contributed by atoms with Crippen LogP contribution in [-0.2, 0) is 17.8 Å². The second kappa shape index (κ2) is 8.88. The van der Waals surface area contributed by atoms with Crippen molar-refractivity contribution in [3.8, 4) is 11.5 Å². The standard InChI is InChI=1S/C23H27F3N2O4/c1-14-6-9-19(30-5)18(27-14)13-31-16-7-8-17-15(12-16)10-11-28(20(17)23(24,25)26)21(29)32-22(2,3)4/h6-9,12,20H,10-11,13H2,1-5H3. The van der Waals surface area contributed by atoms with E-state index < -0.39 is 23.9 Å². The van der Waals surface area contributed by atoms with Crippen molar-refractivity contribution in [2.45, 2.75) is 58.5 Å². The monoisotopic (exact) mass is 452 g/mol. The van der Waals surface area contributed by atoms with Crippen LogP contribution in [0.5, 0.6) is 11.5 Å². The molecule has 0 saturated heterocycles. The number of carbonyl (C=O) groups excluding carboxylic acids is 1. The van der Waals surface area contributed by atoms with E-state index in [1.165, 1.54) is 19.2 Å². The molecule has 2 heterocycles. The van der Waals surface area contributed by atoms with Crippen LogP contribution in [0.2, 0.25) is 0 Å². The number of hydrogen-bond acceptors (Lipinski definition) is 5. The highest BCUT2D eigenvalue weighted by Crippen LogP contribution is 2.43. The molecule has 6 nitrogen and oxygen atoms in total. The van der Waals surface area contributed by atoms with E-state index >= 15 is 0 Å². The Morgan fingerprint density at radius 3 is 2.53 bits per heavy atom. The average Bonchev–Trinajstić information content (AvgIpc) is 2.69. The fraction of sp³-hybridized carbons (Fsp3) is 0.478. The predicted octanol–water partition coefficient (Wildman–Crippen LogP) is 5.37. The van der Waals surface area contributed by atoms with Crippen LogP contribution in [0.4, 0.5) is 18.0 Å². The number of pyridine rings is 1. The minimum atomic E-state index is -4.65. The molecule has 2 aromatic rings. The van der Waals surface area contributed by atoms with Crippen LogP contribution < -0.4 is 9.47 Å². The number of ether oxygens (including phenoxy) is 3. The van der Waals surface area contributed by atoms with Gasteiger partial charge in [0.15, 0.2) is 6.04 Å². The predicted molar refractivity (Wildman–Crippen MR) is 112 cm³/mol. The van der Waals surface area contributed by atoms with Gasteiger partial charge in [-0.2, -0.15) is 13.2 Å². The van der Waals surface area contributed by atoms with Gasteiger partial charge in [-0.3, -0.25) is 9.88 Å². The van der Waals surface area contributed by atoms with Crippen molar-refractivity contribution < 1.29 is 32.2 Å². The number of aryl methyl sites for hydroxylation is 1. The van der Waals surface area contributed by atoms with Gasteiger partial charge in [0.1, 0.15) is 29.4 Å². The quantitative estimate of drug-likeness (QED) is 0.624. The van der Waals surface area contributed by atoms with Gasteiger partial charge >= 0.3 is 12.3 Å². The number of benzene rings is 1. The zero-order valence-corrected chi connectivity index (χ0v) is 18.7. The van der Waals surface area contributed by atoms with Gasteiger partial charge in [0.2, 0.25) is 0 Å². The molecule has 1 atom stereocenters. The molecule has 0 bridgehead atoms. The SMILES string of the molecule is COc1ccc(C)nc1COc1ccc2c(c1)CCN(C(=O)OC(C)(C)C)C2C(F)(F)F. The topological polar surface area (TPSA) is 60.9 Å². The van der Waals surface area contributed by atoms with Crippen molar-refractivity contribution in [3.63, 3.8) is 0 Å². The molecule has 174 valence electrons. The van der Waals surface area contributed by atoms with E-state index in [0.717, 1.165) is 10.6 Å². The van der Waals surface area contributed by atoms with E-state index in [1.807, 2.05) is 13.0 Å². The summed E-state index contributed by atoms with van der Waals surface area (Å²) in [5.74, 6) is 0.986. The first-order valence-electron chi connectivity index (χ1n) is 10.2. The second-order valence-electron chi connectivity index (χ2n) is 8.62. The van der Waals surface area contributed by atoms with E-state index in [4.69, 9.17) is 14.2 Å². The minimum absolute atomic E-state index is 0.0215. The normalized spacial score (nSPS) is 16.4. The van der Waals surface area contributed by atoms with Gasteiger partial charge in [-0.1, -0.05) is 6.07 Å². The third kappa shape index (κ3) is 5.44. The van der Waals surface area contributed by atoms with E-state index in [1.54, 1.807) is 32.9 Å². The van der Waals surface area contributed by atoms with Gasteiger partial charge in [-0.05, 0) is 69.5 Å². The average molecular weight is 452 g/mol. The van der Waals surface area contributed by atoms with Crippen molar-refractivity contribution in [3.05, 3.63) is 52.8 Å². The van der Waals surface area contributed by atoms with Crippen molar-refractivity contribution in [2.24, 2.45) is 0 Å². The van der Waals surface area contributed by atoms with Crippen LogP contribution in [-0.4, -0.2) is 41.4 Å². The summed E-state index contributed by atoms with van der Waals surface area (Å²) < 4.78 is 58.1. The second-order valence-corrected chi connectivity index (χ2v) is 8.62. The van der Waals surface area contributed by atoms with E-state index in [-0.39, 0.29) is 25.1 Å². The first kappa shape index (κ1) is 23.7. The van der Waals surface area contributed by atoms with Crippen LogP contribution in [0.25, 0.3) is 0 Å². The first-order chi connectivity index (χ1) is 14.9. The summed E-state index contributed by atoms with van der Waals surface area (Å²) in [6.45, 7) is 6.70. The van der Waals surface area contributed by atoms with Crippen LogP contribution in [0, 0.1) is 6.92 Å². The zero-order valence-electron chi connectivity index (χ0n) is 18.7. The number of aromatic nitrogens is 1. The molecule has 0 aliphatic carbocycles. The number of methoxy groups -OCH3 is 1. The molecule has 1 aliphatic heterocycles. The molecule has 0 radical (unpaired) electrons. The lowest BCUT2D eigenvalue weighted by molar-refractivity contribution is -0.185. The Kier molecular flexibility index (Phi) is 6.57. The van der Waals surface area contributed by atoms with Gasteiger partial charge in [0.25, 0.3) is 0 Å². The van der Waals surface area contributed by atoms with Crippen molar-refractivity contribution in [2.75, 3.05) is 13.7 Å². The molecule has 0 N–H and O–H groups in total. The van der Waals surface area contributed by atoms with Gasteiger partial charge in [-0.15, -0.1) is 0 Å². The Bertz CT molecular complexity index is 986. The van der Waals surface area contributed by atoms with E-state index in [0.29, 0.717) is 22.8 Å². The minimum Gasteiger partial charge on any atom is -0.495 e. The molecule has 9 heteroatoms. The third-order valence-electron chi connectivity index (χ3n) is 4.95. The maximum Gasteiger partial charge on any atom is 0.413 e. The molecule has 3 rings (SSSR count). The Hall–Kier alpha value is -2.97.